The van der Waals surface area contributed by atoms with Crippen LogP contribution in [0, 0.1) is 11.3 Å². The highest BCUT2D eigenvalue weighted by molar-refractivity contribution is 6.70. The quantitative estimate of drug-likeness (QED) is 0.507. The maximum atomic E-state index is 13.3. The Morgan fingerprint density at radius 2 is 1.72 bits per heavy atom. The van der Waals surface area contributed by atoms with Crippen molar-refractivity contribution < 1.29 is 9.53 Å². The molecular weight excluding hydrogens is 475 g/mol. The van der Waals surface area contributed by atoms with Crippen molar-refractivity contribution in [2.24, 2.45) is 0 Å². The first-order chi connectivity index (χ1) is 17.9. The van der Waals surface area contributed by atoms with Crippen LogP contribution in [0.5, 0.6) is 0 Å². The smallest absolute Gasteiger partial charge is 0.222 e. The summed E-state index contributed by atoms with van der Waals surface area (Å²) in [4.78, 5) is 21.5. The first-order valence-electron chi connectivity index (χ1n) is 13.4. The number of nitrogens with zero attached hydrogens (tertiary/aromatic N) is 4. The van der Waals surface area contributed by atoms with E-state index in [0.29, 0.717) is 37.4 Å². The second kappa shape index (κ2) is 10.0. The number of ether oxygens (including phenoxy) is 1. The van der Waals surface area contributed by atoms with E-state index in [-0.39, 0.29) is 31.3 Å². The van der Waals surface area contributed by atoms with Crippen molar-refractivity contribution in [3.63, 3.8) is 0 Å². The van der Waals surface area contributed by atoms with Gasteiger partial charge >= 0.3 is 0 Å². The van der Waals surface area contributed by atoms with Crippen LogP contribution in [0.2, 0.25) is 15.5 Å². The minimum absolute atomic E-state index is 0.0947. The maximum absolute atomic E-state index is 13.3. The van der Waals surface area contributed by atoms with Gasteiger partial charge in [-0.3, -0.25) is 4.79 Å². The van der Waals surface area contributed by atoms with E-state index in [2.05, 4.69) is 6.07 Å². The lowest BCUT2D eigenvalue weighted by Gasteiger charge is -2.70. The number of hydrogen-bond acceptors (Lipinski definition) is 5. The van der Waals surface area contributed by atoms with Crippen molar-refractivity contribution in [2.75, 3.05) is 24.5 Å². The van der Waals surface area contributed by atoms with Crippen LogP contribution in [0.25, 0.3) is 0 Å². The topological polar surface area (TPSA) is 69.5 Å². The van der Waals surface area contributed by atoms with Crippen LogP contribution >= 0.6 is 0 Å². The lowest BCUT2D eigenvalue weighted by atomic mass is 9.10. The minimum atomic E-state index is -2.31. The highest BCUT2D eigenvalue weighted by atomic mass is 16.5. The molecule has 2 aliphatic heterocycles. The van der Waals surface area contributed by atoms with E-state index in [1.54, 1.807) is 0 Å². The number of hydrogen-bond donors (Lipinski definition) is 0. The molecule has 1 amide bonds. The largest absolute Gasteiger partial charge is 0.370 e. The van der Waals surface area contributed by atoms with E-state index in [9.17, 15) is 10.1 Å². The SMILES string of the molecule is [B]C([B])([B])C([B])(C([B])([B])[B])C1([B])CN(c2nc(C3CC3)c3c(c2C#N)CC(C)(C)OC3)CCN1C(=O)CCC. The normalized spacial score (nSPS) is 23.6. The van der Waals surface area contributed by atoms with Crippen molar-refractivity contribution >= 4 is 74.5 Å². The van der Waals surface area contributed by atoms with Crippen molar-refractivity contribution in [2.45, 2.75) is 92.0 Å². The fraction of sp³-hybridized carbons (Fsp3) is 0.720. The van der Waals surface area contributed by atoms with Gasteiger partial charge in [0.25, 0.3) is 0 Å². The predicted molar refractivity (Wildman–Crippen MR) is 159 cm³/mol. The number of pyridine rings is 1. The van der Waals surface area contributed by atoms with Gasteiger partial charge in [0, 0.05) is 49.4 Å². The molecule has 1 atom stereocenters. The summed E-state index contributed by atoms with van der Waals surface area (Å²) in [5.74, 6) is 0.414. The van der Waals surface area contributed by atoms with E-state index in [1.165, 1.54) is 4.90 Å². The first kappa shape index (κ1) is 30.4. The van der Waals surface area contributed by atoms with Gasteiger partial charge in [-0.1, -0.05) is 12.2 Å². The summed E-state index contributed by atoms with van der Waals surface area (Å²) in [5.41, 5.74) is 0.809. The Bertz CT molecular complexity index is 1170. The number of piperazine rings is 1. The second-order valence-corrected chi connectivity index (χ2v) is 12.1. The summed E-state index contributed by atoms with van der Waals surface area (Å²) >= 11 is 0. The number of aromatic nitrogens is 1. The predicted octanol–water partition coefficient (Wildman–Crippen LogP) is 0.481. The molecule has 3 heterocycles. The Balaban J connectivity index is 1.90. The molecule has 0 spiro atoms. The number of fused-ring (bicyclic) bond motifs is 1. The van der Waals surface area contributed by atoms with E-state index in [1.807, 2.05) is 25.7 Å². The van der Waals surface area contributed by atoms with Gasteiger partial charge in [-0.05, 0) is 38.7 Å². The van der Waals surface area contributed by atoms with E-state index in [4.69, 9.17) is 72.5 Å². The Kier molecular flexibility index (Phi) is 7.81. The second-order valence-electron chi connectivity index (χ2n) is 12.1. The maximum Gasteiger partial charge on any atom is 0.222 e. The monoisotopic (exact) mass is 504 g/mol. The average Bonchev–Trinajstić information content (AvgIpc) is 3.65. The number of nitriles is 1. The number of anilines is 1. The van der Waals surface area contributed by atoms with Gasteiger partial charge in [0.1, 0.15) is 19.7 Å². The number of carbonyl (C=O) groups excluding carboxylic acids is 1. The molecule has 2 fully saturated rings. The molecule has 16 radical (unpaired) electrons. The molecule has 6 nitrogen and oxygen atoms in total. The Labute approximate surface area is 243 Å². The summed E-state index contributed by atoms with van der Waals surface area (Å²) in [6, 6.07) is 2.37. The lowest BCUT2D eigenvalue weighted by Crippen LogP contribution is -2.74. The van der Waals surface area contributed by atoms with Crippen molar-refractivity contribution in [1.29, 1.82) is 5.26 Å². The average molecular weight is 503 g/mol. The van der Waals surface area contributed by atoms with E-state index < -0.39 is 26.6 Å². The third-order valence-corrected chi connectivity index (χ3v) is 8.33. The van der Waals surface area contributed by atoms with Gasteiger partial charge in [0.15, 0.2) is 0 Å². The molecule has 1 saturated heterocycles. The van der Waals surface area contributed by atoms with Gasteiger partial charge in [0.05, 0.1) is 78.4 Å². The minimum Gasteiger partial charge on any atom is -0.370 e. The molecule has 1 aliphatic carbocycles. The molecule has 0 bridgehead atoms. The molecule has 14 heteroatoms. The van der Waals surface area contributed by atoms with Crippen LogP contribution in [-0.2, 0) is 22.6 Å². The van der Waals surface area contributed by atoms with Crippen molar-refractivity contribution in [1.82, 2.24) is 9.88 Å². The molecule has 1 saturated carbocycles. The van der Waals surface area contributed by atoms with Gasteiger partial charge in [0.2, 0.25) is 5.91 Å². The number of rotatable bonds is 7. The standard InChI is InChI=1S/C25H28B8N4O2/c1-4-5-18(38)37-9-8-36(13-22(37,26)23(27,24(28,29)30)25(31,32)33)20-16(11-34)15-10-21(2,3)39-12-17(15)19(35-20)14-6-7-14/h14H,4-10,12-13H2,1-3H3. The molecule has 0 aromatic carbocycles. The zero-order valence-corrected chi connectivity index (χ0v) is 23.2. The highest BCUT2D eigenvalue weighted by Gasteiger charge is 2.59. The van der Waals surface area contributed by atoms with Gasteiger partial charge in [-0.25, -0.2) is 4.98 Å². The summed E-state index contributed by atoms with van der Waals surface area (Å²) in [6.07, 6.45) is 3.28. The third kappa shape index (κ3) is 5.04. The zero-order valence-electron chi connectivity index (χ0n) is 23.2. The summed E-state index contributed by atoms with van der Waals surface area (Å²) < 4.78 is 6.08. The first-order valence-corrected chi connectivity index (χ1v) is 13.4. The molecular formula is C25H28B8N4O2. The fourth-order valence-corrected chi connectivity index (χ4v) is 6.03. The fourth-order valence-electron chi connectivity index (χ4n) is 6.03. The summed E-state index contributed by atoms with van der Waals surface area (Å²) in [6.45, 7) is 6.45. The van der Waals surface area contributed by atoms with Crippen LogP contribution < -0.4 is 4.90 Å². The van der Waals surface area contributed by atoms with Crippen LogP contribution in [0.3, 0.4) is 0 Å². The van der Waals surface area contributed by atoms with E-state index >= 15 is 0 Å². The van der Waals surface area contributed by atoms with Gasteiger partial charge in [-0.15, -0.1) is 10.2 Å². The summed E-state index contributed by atoms with van der Waals surface area (Å²) in [5, 5.41) is 3.46. The van der Waals surface area contributed by atoms with E-state index in [0.717, 1.165) is 29.7 Å². The van der Waals surface area contributed by atoms with Crippen LogP contribution in [-0.4, -0.2) is 109 Å². The Morgan fingerprint density at radius 3 is 2.23 bits per heavy atom. The highest BCUT2D eigenvalue weighted by Crippen LogP contribution is 2.63. The van der Waals surface area contributed by atoms with Crippen LogP contribution in [0.4, 0.5) is 5.82 Å². The van der Waals surface area contributed by atoms with Crippen molar-refractivity contribution in [3.8, 4) is 6.07 Å². The molecule has 39 heavy (non-hydrogen) atoms. The third-order valence-electron chi connectivity index (χ3n) is 8.33. The number of amides is 1. The van der Waals surface area contributed by atoms with Crippen LogP contribution in [0.1, 0.15) is 74.8 Å². The zero-order chi connectivity index (χ0) is 29.2. The molecule has 0 N–H and O–H groups in total. The molecule has 1 unspecified atom stereocenters. The molecule has 1 aromatic heterocycles. The lowest BCUT2D eigenvalue weighted by molar-refractivity contribution is -0.136. The molecule has 3 aliphatic rings. The molecule has 184 valence electrons. The number of carbonyl (C=O) groups is 1. The Hall–Kier alpha value is -1.61. The van der Waals surface area contributed by atoms with Crippen molar-refractivity contribution in [3.05, 3.63) is 22.4 Å². The molecule has 1 aromatic rings. The van der Waals surface area contributed by atoms with Gasteiger partial charge in [-0.2, -0.15) is 5.26 Å². The van der Waals surface area contributed by atoms with Gasteiger partial charge < -0.3 is 14.5 Å². The Morgan fingerprint density at radius 1 is 1.10 bits per heavy atom. The molecule has 4 rings (SSSR count). The van der Waals surface area contributed by atoms with Crippen LogP contribution in [0.15, 0.2) is 0 Å². The summed E-state index contributed by atoms with van der Waals surface area (Å²) in [7, 11) is 50.7.